The van der Waals surface area contributed by atoms with E-state index in [1.807, 2.05) is 68.1 Å². The number of amides is 1. The molecule has 2 aromatic rings. The Balaban J connectivity index is 1.81. The Labute approximate surface area is 203 Å². The molecule has 0 saturated carbocycles. The van der Waals surface area contributed by atoms with Gasteiger partial charge in [0.2, 0.25) is 11.0 Å². The minimum atomic E-state index is -0.663. The van der Waals surface area contributed by atoms with Gasteiger partial charge in [0.1, 0.15) is 0 Å². The van der Waals surface area contributed by atoms with Gasteiger partial charge in [0.05, 0.1) is 17.9 Å². The van der Waals surface area contributed by atoms with Crippen LogP contribution in [0.5, 0.6) is 0 Å². The summed E-state index contributed by atoms with van der Waals surface area (Å²) in [6.07, 6.45) is 1.44. The van der Waals surface area contributed by atoms with Crippen LogP contribution < -0.4 is 0 Å². The molecule has 168 valence electrons. The predicted octanol–water partition coefficient (Wildman–Crippen LogP) is 6.87. The first-order chi connectivity index (χ1) is 15.2. The third-order valence-electron chi connectivity index (χ3n) is 6.37. The van der Waals surface area contributed by atoms with Crippen LogP contribution in [0, 0.1) is 5.41 Å². The van der Waals surface area contributed by atoms with Crippen molar-refractivity contribution < 1.29 is 9.59 Å². The second kappa shape index (κ2) is 9.20. The van der Waals surface area contributed by atoms with Gasteiger partial charge in [-0.15, -0.1) is 0 Å². The Bertz CT molecular complexity index is 1070. The molecule has 0 aromatic heterocycles. The maximum Gasteiger partial charge on any atom is 0.229 e. The number of hydrogen-bond donors (Lipinski definition) is 0. The van der Waals surface area contributed by atoms with Crippen molar-refractivity contribution in [2.75, 3.05) is 0 Å². The molecule has 0 N–H and O–H groups in total. The average molecular weight is 489 g/mol. The fourth-order valence-electron chi connectivity index (χ4n) is 5.00. The van der Waals surface area contributed by atoms with Crippen molar-refractivity contribution in [3.8, 4) is 0 Å². The summed E-state index contributed by atoms with van der Waals surface area (Å²) in [6, 6.07) is 15.5. The molecule has 0 radical (unpaired) electrons. The lowest BCUT2D eigenvalue weighted by atomic mass is 9.66. The number of nitrogens with zero attached hydrogens (tertiary/aromatic N) is 2. The SMILES string of the molecule is CC(C)N1C(=O)[C@@](C)(CC2=NSC(=O)C2)C[C@H](c2cccc(Cl)c2)[C@H]1c1ccc(Cl)cc1. The van der Waals surface area contributed by atoms with Gasteiger partial charge < -0.3 is 4.90 Å². The van der Waals surface area contributed by atoms with Crippen molar-refractivity contribution in [2.45, 2.75) is 58.0 Å². The lowest BCUT2D eigenvalue weighted by Crippen LogP contribution is -2.54. The van der Waals surface area contributed by atoms with Gasteiger partial charge in [-0.25, -0.2) is 4.40 Å². The van der Waals surface area contributed by atoms with Gasteiger partial charge in [0, 0.05) is 46.1 Å². The van der Waals surface area contributed by atoms with Gasteiger partial charge in [-0.05, 0) is 55.7 Å². The van der Waals surface area contributed by atoms with Crippen LogP contribution in [-0.2, 0) is 9.59 Å². The van der Waals surface area contributed by atoms with Crippen LogP contribution in [0.3, 0.4) is 0 Å². The molecule has 4 rings (SSSR count). The van der Waals surface area contributed by atoms with Gasteiger partial charge in [0.15, 0.2) is 0 Å². The van der Waals surface area contributed by atoms with Gasteiger partial charge in [-0.3, -0.25) is 9.59 Å². The quantitative estimate of drug-likeness (QED) is 0.431. The van der Waals surface area contributed by atoms with Crippen LogP contribution >= 0.6 is 35.1 Å². The maximum absolute atomic E-state index is 14.0. The molecule has 0 unspecified atom stereocenters. The largest absolute Gasteiger partial charge is 0.332 e. The highest BCUT2D eigenvalue weighted by atomic mass is 35.5. The van der Waals surface area contributed by atoms with Crippen LogP contribution in [0.15, 0.2) is 52.9 Å². The van der Waals surface area contributed by atoms with E-state index in [2.05, 4.69) is 10.5 Å². The average Bonchev–Trinajstić information content (AvgIpc) is 3.14. The molecule has 1 amide bonds. The van der Waals surface area contributed by atoms with Gasteiger partial charge >= 0.3 is 0 Å². The highest BCUT2D eigenvalue weighted by molar-refractivity contribution is 8.13. The van der Waals surface area contributed by atoms with E-state index in [1.165, 1.54) is 0 Å². The summed E-state index contributed by atoms with van der Waals surface area (Å²) < 4.78 is 4.34. The summed E-state index contributed by atoms with van der Waals surface area (Å²) in [5.41, 5.74) is 2.28. The minimum Gasteiger partial charge on any atom is -0.332 e. The summed E-state index contributed by atoms with van der Waals surface area (Å²) >= 11 is 13.5. The van der Waals surface area contributed by atoms with Crippen molar-refractivity contribution in [3.05, 3.63) is 69.7 Å². The molecule has 1 saturated heterocycles. The highest BCUT2D eigenvalue weighted by Gasteiger charge is 2.51. The number of halogens is 2. The zero-order valence-corrected chi connectivity index (χ0v) is 20.7. The Morgan fingerprint density at radius 3 is 2.41 bits per heavy atom. The maximum atomic E-state index is 14.0. The Kier molecular flexibility index (Phi) is 6.71. The molecule has 1 fully saturated rings. The Morgan fingerprint density at radius 2 is 1.81 bits per heavy atom. The first-order valence-electron chi connectivity index (χ1n) is 10.8. The first kappa shape index (κ1) is 23.3. The summed E-state index contributed by atoms with van der Waals surface area (Å²) in [5, 5.41) is 1.38. The van der Waals surface area contributed by atoms with Crippen molar-refractivity contribution in [1.82, 2.24) is 4.90 Å². The molecule has 0 bridgehead atoms. The van der Waals surface area contributed by atoms with E-state index in [0.717, 1.165) is 28.8 Å². The van der Waals surface area contributed by atoms with Gasteiger partial charge in [0.25, 0.3) is 0 Å². The second-order valence-corrected chi connectivity index (χ2v) is 10.9. The summed E-state index contributed by atoms with van der Waals surface area (Å²) in [5.74, 6) is 0.128. The van der Waals surface area contributed by atoms with Crippen molar-refractivity contribution in [3.63, 3.8) is 0 Å². The van der Waals surface area contributed by atoms with Crippen LogP contribution in [0.1, 0.15) is 63.1 Å². The number of hydrogen-bond acceptors (Lipinski definition) is 4. The zero-order chi connectivity index (χ0) is 23.0. The first-order valence-corrected chi connectivity index (χ1v) is 12.3. The van der Waals surface area contributed by atoms with Crippen LogP contribution in [0.25, 0.3) is 0 Å². The third kappa shape index (κ3) is 4.61. The van der Waals surface area contributed by atoms with Crippen molar-refractivity contribution in [2.24, 2.45) is 9.81 Å². The van der Waals surface area contributed by atoms with Gasteiger partial charge in [-0.2, -0.15) is 0 Å². The standard InChI is InChI=1S/C25H26Cl2N2O2S/c1-15(2)29-23(16-7-9-18(26)10-8-16)21(17-5-4-6-19(27)11-17)14-25(3,24(29)31)13-20-12-22(30)32-28-20/h4-11,15,21,23H,12-14H2,1-3H3/t21-,23-,25+/m1/s1. The van der Waals surface area contributed by atoms with Crippen molar-refractivity contribution >= 4 is 51.9 Å². The van der Waals surface area contributed by atoms with E-state index in [1.54, 1.807) is 0 Å². The fourth-order valence-corrected chi connectivity index (χ4v) is 5.92. The lowest BCUT2D eigenvalue weighted by Gasteiger charge is -2.51. The molecular formula is C25H26Cl2N2O2S. The normalized spacial score (nSPS) is 26.1. The van der Waals surface area contributed by atoms with Crippen LogP contribution in [0.4, 0.5) is 0 Å². The van der Waals surface area contributed by atoms with E-state index in [0.29, 0.717) is 29.3 Å². The number of likely N-dealkylation sites (tertiary alicyclic amines) is 1. The Hall–Kier alpha value is -1.82. The lowest BCUT2D eigenvalue weighted by molar-refractivity contribution is -0.153. The molecule has 32 heavy (non-hydrogen) atoms. The van der Waals surface area contributed by atoms with E-state index in [9.17, 15) is 9.59 Å². The minimum absolute atomic E-state index is 0.00832. The number of benzene rings is 2. The molecule has 7 heteroatoms. The summed E-state index contributed by atoms with van der Waals surface area (Å²) in [6.45, 7) is 6.11. The monoisotopic (exact) mass is 488 g/mol. The number of rotatable bonds is 5. The fraction of sp³-hybridized carbons (Fsp3) is 0.400. The van der Waals surface area contributed by atoms with E-state index >= 15 is 0 Å². The molecule has 2 heterocycles. The molecule has 0 aliphatic carbocycles. The Morgan fingerprint density at radius 1 is 1.09 bits per heavy atom. The number of carbonyl (C=O) groups excluding carboxylic acids is 2. The number of piperidine rings is 1. The molecule has 2 aliphatic rings. The molecule has 2 aromatic carbocycles. The molecule has 0 spiro atoms. The molecule has 4 nitrogen and oxygen atoms in total. The van der Waals surface area contributed by atoms with E-state index in [-0.39, 0.29) is 29.0 Å². The third-order valence-corrected chi connectivity index (χ3v) is 7.55. The molecular weight excluding hydrogens is 463 g/mol. The smallest absolute Gasteiger partial charge is 0.229 e. The van der Waals surface area contributed by atoms with E-state index in [4.69, 9.17) is 23.2 Å². The van der Waals surface area contributed by atoms with Crippen LogP contribution in [-0.4, -0.2) is 27.7 Å². The second-order valence-electron chi connectivity index (χ2n) is 9.20. The van der Waals surface area contributed by atoms with E-state index < -0.39 is 5.41 Å². The van der Waals surface area contributed by atoms with Crippen molar-refractivity contribution in [1.29, 1.82) is 0 Å². The molecule has 3 atom stereocenters. The summed E-state index contributed by atoms with van der Waals surface area (Å²) in [4.78, 5) is 27.8. The predicted molar refractivity (Wildman–Crippen MR) is 132 cm³/mol. The zero-order valence-electron chi connectivity index (χ0n) is 18.3. The highest BCUT2D eigenvalue weighted by Crippen LogP contribution is 2.52. The van der Waals surface area contributed by atoms with Crippen LogP contribution in [0.2, 0.25) is 10.0 Å². The van der Waals surface area contributed by atoms with Gasteiger partial charge in [-0.1, -0.05) is 54.4 Å². The molecule has 2 aliphatic heterocycles. The topological polar surface area (TPSA) is 49.7 Å². The number of carbonyl (C=O) groups is 2. The summed E-state index contributed by atoms with van der Waals surface area (Å²) in [7, 11) is 0.